The first-order chi connectivity index (χ1) is 58.9. The first kappa shape index (κ1) is 100. The highest BCUT2D eigenvalue weighted by Crippen LogP contribution is 2.40. The van der Waals surface area contributed by atoms with E-state index in [1.807, 2.05) is 138 Å². The topological polar surface area (TPSA) is 0 Å². The first-order valence-corrected chi connectivity index (χ1v) is 45.8. The highest BCUT2D eigenvalue weighted by Gasteiger charge is 2.14. The Morgan fingerprint density at radius 2 is 0.364 bits per heavy atom. The number of hydrogen-bond acceptors (Lipinski definition) is 0. The monoisotopic (exact) mass is 1600 g/mol. The Kier molecular flexibility index (Phi) is 41.3. The predicted molar refractivity (Wildman–Crippen MR) is 561 cm³/mol. The van der Waals surface area contributed by atoms with E-state index in [1.54, 1.807) is 0 Å². The van der Waals surface area contributed by atoms with Crippen LogP contribution in [-0.2, 0) is 0 Å². The molecule has 0 atom stereocenters. The summed E-state index contributed by atoms with van der Waals surface area (Å²) >= 11 is 0. The molecule has 0 nitrogen and oxygen atoms in total. The van der Waals surface area contributed by atoms with Gasteiger partial charge < -0.3 is 0 Å². The Hall–Kier alpha value is -11.4. The lowest BCUT2D eigenvalue weighted by molar-refractivity contribution is 1.47. The molecule has 0 heteroatoms. The molecular formula is C121H146. The molecule has 0 N–H and O–H groups in total. The maximum Gasteiger partial charge on any atom is -0.00239 e. The van der Waals surface area contributed by atoms with E-state index in [1.165, 1.54) is 223 Å². The van der Waals surface area contributed by atoms with Crippen LogP contribution in [0.15, 0.2) is 285 Å². The van der Waals surface area contributed by atoms with Crippen LogP contribution in [-0.4, -0.2) is 0 Å². The van der Waals surface area contributed by atoms with Gasteiger partial charge in [-0.3, -0.25) is 0 Å². The average Bonchev–Trinajstić information content (AvgIpc) is 0.732. The Labute approximate surface area is 731 Å². The third-order valence-electron chi connectivity index (χ3n) is 21.2. The van der Waals surface area contributed by atoms with Gasteiger partial charge in [0.2, 0.25) is 0 Å². The molecule has 0 bridgehead atoms. The summed E-state index contributed by atoms with van der Waals surface area (Å²) in [5.74, 6) is 0. The van der Waals surface area contributed by atoms with Crippen molar-refractivity contribution in [2.24, 2.45) is 0 Å². The van der Waals surface area contributed by atoms with E-state index in [9.17, 15) is 0 Å². The fraction of sp³-hybridized carbons (Fsp3) is 0.273. The minimum absolute atomic E-state index is 1.32. The minimum Gasteiger partial charge on any atom is -0.0683 e. The summed E-state index contributed by atoms with van der Waals surface area (Å²) in [7, 11) is 0. The lowest BCUT2D eigenvalue weighted by Crippen LogP contribution is -1.88. The quantitative estimate of drug-likeness (QED) is 0.105. The first-order valence-electron chi connectivity index (χ1n) is 45.8. The van der Waals surface area contributed by atoms with Crippen LogP contribution in [0, 0.1) is 90.0 Å². The molecule has 0 aliphatic rings. The summed E-state index contributed by atoms with van der Waals surface area (Å²) in [4.78, 5) is 0. The molecule has 0 radical (unpaired) electrons. The lowest BCUT2D eigenvalue weighted by atomic mass is 9.90. The van der Waals surface area contributed by atoms with Crippen LogP contribution >= 0.6 is 0 Å². The lowest BCUT2D eigenvalue weighted by Gasteiger charge is -2.14. The number of benzene rings is 20. The van der Waals surface area contributed by atoms with E-state index in [2.05, 4.69) is 375 Å². The van der Waals surface area contributed by atoms with E-state index in [4.69, 9.17) is 0 Å². The largest absolute Gasteiger partial charge is 0.0683 e. The Morgan fingerprint density at radius 1 is 0.116 bits per heavy atom. The van der Waals surface area contributed by atoms with Crippen LogP contribution in [0.3, 0.4) is 0 Å². The summed E-state index contributed by atoms with van der Waals surface area (Å²) < 4.78 is 0. The second-order valence-corrected chi connectivity index (χ2v) is 28.8. The molecule has 121 heavy (non-hydrogen) atoms. The second-order valence-electron chi connectivity index (χ2n) is 28.8. The van der Waals surface area contributed by atoms with Crippen molar-refractivity contribution in [3.05, 3.63) is 357 Å². The zero-order valence-corrected chi connectivity index (χ0v) is 80.6. The van der Waals surface area contributed by atoms with Crippen LogP contribution in [0.2, 0.25) is 0 Å². The van der Waals surface area contributed by atoms with Gasteiger partial charge in [-0.05, 0) is 309 Å². The van der Waals surface area contributed by atoms with Crippen LogP contribution in [0.1, 0.15) is 211 Å². The highest BCUT2D eigenvalue weighted by atomic mass is 14.2. The molecule has 0 saturated heterocycles. The molecule has 0 spiro atoms. The molecule has 0 heterocycles. The predicted octanol–water partition coefficient (Wildman–Crippen LogP) is 39.4. The number of rotatable bonds is 0. The van der Waals surface area contributed by atoms with Crippen LogP contribution in [0.5, 0.6) is 0 Å². The maximum absolute atomic E-state index is 2.31. The summed E-state index contributed by atoms with van der Waals surface area (Å²) in [5, 5.41) is 38.2. The van der Waals surface area contributed by atoms with Gasteiger partial charge in [0.15, 0.2) is 0 Å². The van der Waals surface area contributed by atoms with Crippen molar-refractivity contribution in [3.8, 4) is 0 Å². The highest BCUT2D eigenvalue weighted by molar-refractivity contribution is 6.25. The smallest absolute Gasteiger partial charge is 0.00239 e. The standard InChI is InChI=1S/2C18H14.C17H16.3C16H14.10C2H6/c1-11-9-13-5-4-8-16-12(2)10-14-6-3-7-15(11)17(14)18(13)16;1-11-7-13-3-5-15-9-12(2)10-16-6-4-14(8-11)17(13)18(15)16;1-11-4-6-14-10-13(3)16-8-12(2)5-7-15(16)17(14)9-11;1-11-3-7-15-13(9-11)5-6-14-10-12(2)4-8-16(14)15;1-11-6-5-9-15-12(2)14-8-4-3-7-13(14)10-16(11)15;1-11-7-8-12(2)16-10-14-6-4-3-5-13(14)9-15(11)16;10*1-2/h2*3-10H,1-2H3;4-10H,1-3H3;3*3-10H,1-2H3;10*1-2H3. The summed E-state index contributed by atoms with van der Waals surface area (Å²) in [6.07, 6.45) is 0. The van der Waals surface area contributed by atoms with Crippen molar-refractivity contribution < 1.29 is 0 Å². The number of hydrogen-bond donors (Lipinski definition) is 0. The van der Waals surface area contributed by atoms with Gasteiger partial charge in [0.05, 0.1) is 0 Å². The molecule has 0 saturated carbocycles. The SMILES string of the molecule is CC.CC.CC.CC.CC.CC.CC.CC.CC.CC.Cc1cc2ccc3cc(C)cc4ccc(c1)c2c34.Cc1cc2cccc3c(C)cc4cccc1c4c23.Cc1ccc(C)c2cc3ccccc3cc12.Cc1ccc2c(c1)c(C)cc1ccc(C)cc12.Cc1ccc2c(ccc3cc(C)ccc32)c1.Cc1cccc2c(C)c3ccccc3cc12. The van der Waals surface area contributed by atoms with E-state index < -0.39 is 0 Å². The zero-order valence-electron chi connectivity index (χ0n) is 80.6. The van der Waals surface area contributed by atoms with Gasteiger partial charge in [0.1, 0.15) is 0 Å². The summed E-state index contributed by atoms with van der Waals surface area (Å²) in [5.41, 5.74) is 17.5. The molecular weight excluding hydrogens is 1450 g/mol. The van der Waals surface area contributed by atoms with Crippen molar-refractivity contribution in [2.45, 2.75) is 228 Å². The molecule has 630 valence electrons. The van der Waals surface area contributed by atoms with Crippen LogP contribution in [0.25, 0.3) is 151 Å². The molecule has 0 aliphatic heterocycles. The fourth-order valence-corrected chi connectivity index (χ4v) is 16.0. The molecule has 0 unspecified atom stereocenters. The van der Waals surface area contributed by atoms with Gasteiger partial charge in [-0.25, -0.2) is 0 Å². The molecule has 0 aromatic heterocycles. The van der Waals surface area contributed by atoms with E-state index in [-0.39, 0.29) is 0 Å². The van der Waals surface area contributed by atoms with Crippen molar-refractivity contribution in [2.75, 3.05) is 0 Å². The summed E-state index contributed by atoms with van der Waals surface area (Å²) in [6.45, 7) is 68.3. The molecule has 20 aromatic carbocycles. The average molecular weight is 1600 g/mol. The minimum atomic E-state index is 1.32. The molecule has 20 aromatic rings. The number of aryl methyl sites for hydroxylation is 13. The second kappa shape index (κ2) is 50.0. The van der Waals surface area contributed by atoms with Crippen molar-refractivity contribution >= 4 is 151 Å². The third kappa shape index (κ3) is 23.6. The number of fused-ring (bicyclic) bond motifs is 10. The van der Waals surface area contributed by atoms with Gasteiger partial charge in [-0.15, -0.1) is 0 Å². The van der Waals surface area contributed by atoms with Gasteiger partial charge in [0, 0.05) is 0 Å². The van der Waals surface area contributed by atoms with Gasteiger partial charge in [0.25, 0.3) is 0 Å². The van der Waals surface area contributed by atoms with Crippen molar-refractivity contribution in [3.63, 3.8) is 0 Å². The fourth-order valence-electron chi connectivity index (χ4n) is 16.0. The molecule has 0 amide bonds. The van der Waals surface area contributed by atoms with Gasteiger partial charge >= 0.3 is 0 Å². The van der Waals surface area contributed by atoms with Gasteiger partial charge in [-0.2, -0.15) is 0 Å². The molecule has 0 aliphatic carbocycles. The van der Waals surface area contributed by atoms with Crippen LogP contribution < -0.4 is 0 Å². The Morgan fingerprint density at radius 3 is 0.793 bits per heavy atom. The van der Waals surface area contributed by atoms with E-state index >= 15 is 0 Å². The third-order valence-corrected chi connectivity index (χ3v) is 21.2. The van der Waals surface area contributed by atoms with Crippen molar-refractivity contribution in [1.82, 2.24) is 0 Å². The van der Waals surface area contributed by atoms with E-state index in [0.717, 1.165) is 0 Å². The van der Waals surface area contributed by atoms with Crippen LogP contribution in [0.4, 0.5) is 0 Å². The normalized spacial score (nSPS) is 10.0. The van der Waals surface area contributed by atoms with Crippen molar-refractivity contribution in [1.29, 1.82) is 0 Å². The van der Waals surface area contributed by atoms with Gasteiger partial charge in [-0.1, -0.05) is 428 Å². The molecule has 20 rings (SSSR count). The zero-order chi connectivity index (χ0) is 89.9. The maximum atomic E-state index is 2.31. The van der Waals surface area contributed by atoms with E-state index in [0.29, 0.717) is 0 Å². The molecule has 0 fully saturated rings. The summed E-state index contributed by atoms with van der Waals surface area (Å²) in [6, 6.07) is 104. The Balaban J connectivity index is 0.000000248. The Bertz CT molecular complexity index is 6230.